The SMILES string of the molecule is O=C([O-])C1=C[C@H]2[C@@H](C1)[C@@H]1C[C@H]2C=C1C(=O)[O-]. The molecule has 4 heteroatoms. The van der Waals surface area contributed by atoms with Crippen LogP contribution in [0.4, 0.5) is 0 Å². The summed E-state index contributed by atoms with van der Waals surface area (Å²) in [7, 11) is 0. The van der Waals surface area contributed by atoms with Gasteiger partial charge in [0.25, 0.3) is 0 Å². The van der Waals surface area contributed by atoms with Gasteiger partial charge in [-0.25, -0.2) is 0 Å². The van der Waals surface area contributed by atoms with Gasteiger partial charge in [0.2, 0.25) is 0 Å². The Balaban J connectivity index is 1.89. The fraction of sp³-hybridized carbons (Fsp3) is 0.500. The van der Waals surface area contributed by atoms with E-state index < -0.39 is 11.9 Å². The molecule has 3 rings (SSSR count). The van der Waals surface area contributed by atoms with Crippen LogP contribution in [0.15, 0.2) is 23.3 Å². The maximum absolute atomic E-state index is 10.9. The quantitative estimate of drug-likeness (QED) is 0.572. The molecule has 3 aliphatic carbocycles. The van der Waals surface area contributed by atoms with E-state index in [0.717, 1.165) is 6.42 Å². The Morgan fingerprint density at radius 2 is 1.94 bits per heavy atom. The summed E-state index contributed by atoms with van der Waals surface area (Å²) in [5.74, 6) is -1.73. The van der Waals surface area contributed by atoms with E-state index in [2.05, 4.69) is 0 Å². The topological polar surface area (TPSA) is 80.3 Å². The molecule has 0 saturated heterocycles. The third kappa shape index (κ3) is 1.10. The Bertz CT molecular complexity index is 446. The predicted molar refractivity (Wildman–Crippen MR) is 49.4 cm³/mol. The van der Waals surface area contributed by atoms with Crippen molar-refractivity contribution in [3.63, 3.8) is 0 Å². The van der Waals surface area contributed by atoms with Crippen molar-refractivity contribution in [2.45, 2.75) is 12.8 Å². The minimum absolute atomic E-state index is 0.0203. The van der Waals surface area contributed by atoms with Crippen LogP contribution in [0, 0.1) is 23.7 Å². The summed E-state index contributed by atoms with van der Waals surface area (Å²) < 4.78 is 0. The van der Waals surface area contributed by atoms with Crippen molar-refractivity contribution in [1.29, 1.82) is 0 Å². The number of carbonyl (C=O) groups is 2. The van der Waals surface area contributed by atoms with E-state index in [4.69, 9.17) is 0 Å². The number of hydrogen-bond donors (Lipinski definition) is 0. The molecule has 0 aromatic rings. The number of carbonyl (C=O) groups excluding carboxylic acids is 2. The molecule has 0 unspecified atom stereocenters. The minimum Gasteiger partial charge on any atom is -0.545 e. The highest BCUT2D eigenvalue weighted by molar-refractivity contribution is 5.88. The zero-order valence-electron chi connectivity index (χ0n) is 8.51. The van der Waals surface area contributed by atoms with Crippen molar-refractivity contribution in [2.24, 2.45) is 23.7 Å². The molecule has 84 valence electrons. The molecule has 4 nitrogen and oxygen atoms in total. The maximum atomic E-state index is 10.9. The minimum atomic E-state index is -1.12. The van der Waals surface area contributed by atoms with Gasteiger partial charge >= 0.3 is 0 Å². The van der Waals surface area contributed by atoms with Crippen LogP contribution in [0.5, 0.6) is 0 Å². The second kappa shape index (κ2) is 2.97. The summed E-state index contributed by atoms with van der Waals surface area (Å²) >= 11 is 0. The van der Waals surface area contributed by atoms with Gasteiger partial charge in [-0.05, 0) is 47.7 Å². The highest BCUT2D eigenvalue weighted by atomic mass is 16.4. The summed E-state index contributed by atoms with van der Waals surface area (Å²) in [6, 6.07) is 0. The van der Waals surface area contributed by atoms with Crippen LogP contribution in [-0.4, -0.2) is 11.9 Å². The second-order valence-electron chi connectivity index (χ2n) is 4.84. The normalized spacial score (nSPS) is 39.2. The first kappa shape index (κ1) is 9.63. The van der Waals surface area contributed by atoms with Crippen LogP contribution in [0.25, 0.3) is 0 Å². The molecular weight excluding hydrogens is 208 g/mol. The van der Waals surface area contributed by atoms with E-state index in [0.29, 0.717) is 17.6 Å². The average molecular weight is 218 g/mol. The van der Waals surface area contributed by atoms with Gasteiger partial charge in [-0.3, -0.25) is 0 Å². The number of rotatable bonds is 2. The molecule has 1 fully saturated rings. The third-order valence-electron chi connectivity index (χ3n) is 4.17. The van der Waals surface area contributed by atoms with Gasteiger partial charge in [0.1, 0.15) is 0 Å². The van der Waals surface area contributed by atoms with E-state index >= 15 is 0 Å². The van der Waals surface area contributed by atoms with E-state index in [-0.39, 0.29) is 23.7 Å². The Morgan fingerprint density at radius 3 is 2.56 bits per heavy atom. The van der Waals surface area contributed by atoms with E-state index in [1.807, 2.05) is 0 Å². The first-order valence-corrected chi connectivity index (χ1v) is 5.43. The van der Waals surface area contributed by atoms with Crippen molar-refractivity contribution in [3.8, 4) is 0 Å². The van der Waals surface area contributed by atoms with Crippen LogP contribution in [0.2, 0.25) is 0 Å². The van der Waals surface area contributed by atoms with Gasteiger partial charge in [-0.15, -0.1) is 0 Å². The lowest BCUT2D eigenvalue weighted by molar-refractivity contribution is -0.300. The molecule has 3 aliphatic rings. The standard InChI is InChI=1S/C12H12O4/c13-11(14)6-3-7-5-1-9(8(7)4-6)10(2-5)12(15)16/h2-3,5,7-9H,1,4H2,(H,13,14)(H,15,16)/p-2/t5-,7+,8+,9-/m0/s1. The number of aliphatic carboxylic acids is 2. The highest BCUT2D eigenvalue weighted by Gasteiger charge is 2.49. The van der Waals surface area contributed by atoms with Gasteiger partial charge in [0.05, 0.1) is 11.9 Å². The molecule has 0 radical (unpaired) electrons. The molecule has 0 N–H and O–H groups in total. The lowest BCUT2D eigenvalue weighted by Gasteiger charge is -2.25. The Morgan fingerprint density at radius 1 is 1.19 bits per heavy atom. The number of allylic oxidation sites excluding steroid dienone is 2. The molecule has 0 spiro atoms. The Kier molecular flexibility index (Phi) is 1.79. The Labute approximate surface area is 92.3 Å². The Hall–Kier alpha value is -1.58. The largest absolute Gasteiger partial charge is 0.545 e. The number of fused-ring (bicyclic) bond motifs is 5. The van der Waals surface area contributed by atoms with Crippen LogP contribution in [0.1, 0.15) is 12.8 Å². The van der Waals surface area contributed by atoms with E-state index in [9.17, 15) is 19.8 Å². The second-order valence-corrected chi connectivity index (χ2v) is 4.84. The van der Waals surface area contributed by atoms with E-state index in [1.54, 1.807) is 12.2 Å². The number of carboxylic acid groups (broad SMARTS) is 2. The van der Waals surface area contributed by atoms with Crippen molar-refractivity contribution in [1.82, 2.24) is 0 Å². The number of hydrogen-bond acceptors (Lipinski definition) is 4. The molecule has 1 saturated carbocycles. The smallest absolute Gasteiger partial charge is 0.0674 e. The summed E-state index contributed by atoms with van der Waals surface area (Å²) in [5, 5.41) is 21.6. The molecule has 0 amide bonds. The van der Waals surface area contributed by atoms with Gasteiger partial charge in [-0.2, -0.15) is 0 Å². The van der Waals surface area contributed by atoms with Crippen molar-refractivity contribution in [2.75, 3.05) is 0 Å². The van der Waals surface area contributed by atoms with Crippen molar-refractivity contribution < 1.29 is 19.8 Å². The van der Waals surface area contributed by atoms with Gasteiger partial charge < -0.3 is 19.8 Å². The number of carboxylic acids is 2. The fourth-order valence-corrected chi connectivity index (χ4v) is 3.55. The third-order valence-corrected chi connectivity index (χ3v) is 4.17. The highest BCUT2D eigenvalue weighted by Crippen LogP contribution is 2.56. The molecule has 4 atom stereocenters. The summed E-state index contributed by atoms with van der Waals surface area (Å²) in [5.41, 5.74) is 0.706. The van der Waals surface area contributed by atoms with Crippen LogP contribution >= 0.6 is 0 Å². The van der Waals surface area contributed by atoms with Gasteiger partial charge in [-0.1, -0.05) is 12.2 Å². The van der Waals surface area contributed by atoms with Gasteiger partial charge in [0, 0.05) is 0 Å². The monoisotopic (exact) mass is 218 g/mol. The summed E-state index contributed by atoms with van der Waals surface area (Å²) in [6.07, 6.45) is 4.78. The first-order chi connectivity index (χ1) is 7.58. The molecular formula is C12H10O4-2. The first-order valence-electron chi connectivity index (χ1n) is 5.43. The lowest BCUT2D eigenvalue weighted by atomic mass is 9.81. The zero-order valence-corrected chi connectivity index (χ0v) is 8.51. The molecule has 16 heavy (non-hydrogen) atoms. The lowest BCUT2D eigenvalue weighted by Crippen LogP contribution is -2.31. The molecule has 0 aliphatic heterocycles. The predicted octanol–water partition coefficient (Wildman–Crippen LogP) is -1.38. The van der Waals surface area contributed by atoms with Crippen LogP contribution in [-0.2, 0) is 9.59 Å². The molecule has 0 aromatic heterocycles. The van der Waals surface area contributed by atoms with Crippen molar-refractivity contribution in [3.05, 3.63) is 23.3 Å². The van der Waals surface area contributed by atoms with Crippen LogP contribution in [0.3, 0.4) is 0 Å². The summed E-state index contributed by atoms with van der Waals surface area (Å²) in [4.78, 5) is 21.6. The van der Waals surface area contributed by atoms with Gasteiger partial charge in [0.15, 0.2) is 0 Å². The fourth-order valence-electron chi connectivity index (χ4n) is 3.55. The maximum Gasteiger partial charge on any atom is 0.0674 e. The molecule has 0 heterocycles. The average Bonchev–Trinajstić information content (AvgIpc) is 2.87. The summed E-state index contributed by atoms with van der Waals surface area (Å²) in [6.45, 7) is 0. The van der Waals surface area contributed by atoms with E-state index in [1.165, 1.54) is 0 Å². The molecule has 0 aromatic carbocycles. The van der Waals surface area contributed by atoms with Crippen molar-refractivity contribution >= 4 is 11.9 Å². The zero-order chi connectivity index (χ0) is 11.4. The van der Waals surface area contributed by atoms with Crippen LogP contribution < -0.4 is 10.2 Å². The molecule has 2 bridgehead atoms.